The first kappa shape index (κ1) is 12.8. The zero-order valence-corrected chi connectivity index (χ0v) is 10.6. The second-order valence-corrected chi connectivity index (χ2v) is 4.78. The van der Waals surface area contributed by atoms with Crippen LogP contribution in [-0.4, -0.2) is 25.2 Å². The predicted octanol–water partition coefficient (Wildman–Crippen LogP) is 2.30. The third kappa shape index (κ3) is 2.99. The number of hydrogen-bond acceptors (Lipinski definition) is 3. The van der Waals surface area contributed by atoms with Crippen molar-refractivity contribution in [1.82, 2.24) is 5.32 Å². The summed E-state index contributed by atoms with van der Waals surface area (Å²) in [5.74, 6) is -0.214. The SMILES string of the molecule is CC1CCNC(CC#N)CN1c1cccc(F)c1. The molecular formula is C14H18FN3. The van der Waals surface area contributed by atoms with Gasteiger partial charge in [0.05, 0.1) is 12.5 Å². The van der Waals surface area contributed by atoms with Crippen LogP contribution in [0.25, 0.3) is 0 Å². The molecule has 1 fully saturated rings. The molecule has 1 aromatic rings. The maximum absolute atomic E-state index is 13.3. The lowest BCUT2D eigenvalue weighted by molar-refractivity contribution is 0.551. The average molecular weight is 247 g/mol. The van der Waals surface area contributed by atoms with Crippen molar-refractivity contribution in [2.75, 3.05) is 18.0 Å². The molecule has 18 heavy (non-hydrogen) atoms. The van der Waals surface area contributed by atoms with Crippen molar-refractivity contribution in [2.45, 2.75) is 31.8 Å². The van der Waals surface area contributed by atoms with Gasteiger partial charge in [-0.25, -0.2) is 4.39 Å². The smallest absolute Gasteiger partial charge is 0.125 e. The third-order valence-corrected chi connectivity index (χ3v) is 3.42. The fourth-order valence-corrected chi connectivity index (χ4v) is 2.40. The lowest BCUT2D eigenvalue weighted by Crippen LogP contribution is -2.40. The highest BCUT2D eigenvalue weighted by atomic mass is 19.1. The molecule has 0 amide bonds. The Morgan fingerprint density at radius 1 is 1.56 bits per heavy atom. The van der Waals surface area contributed by atoms with Gasteiger partial charge in [0.25, 0.3) is 0 Å². The van der Waals surface area contributed by atoms with Gasteiger partial charge in [-0.1, -0.05) is 6.07 Å². The molecule has 2 rings (SSSR count). The summed E-state index contributed by atoms with van der Waals surface area (Å²) in [5, 5.41) is 12.2. The first-order valence-electron chi connectivity index (χ1n) is 6.33. The maximum atomic E-state index is 13.3. The Bertz CT molecular complexity index is 441. The molecule has 96 valence electrons. The molecule has 2 atom stereocenters. The van der Waals surface area contributed by atoms with E-state index in [4.69, 9.17) is 5.26 Å². The topological polar surface area (TPSA) is 39.1 Å². The second kappa shape index (κ2) is 5.83. The van der Waals surface area contributed by atoms with Crippen molar-refractivity contribution in [2.24, 2.45) is 0 Å². The average Bonchev–Trinajstić information content (AvgIpc) is 2.52. The zero-order chi connectivity index (χ0) is 13.0. The van der Waals surface area contributed by atoms with Crippen LogP contribution in [-0.2, 0) is 0 Å². The Hall–Kier alpha value is -1.60. The lowest BCUT2D eigenvalue weighted by Gasteiger charge is -2.31. The van der Waals surface area contributed by atoms with Crippen LogP contribution in [0.2, 0.25) is 0 Å². The number of halogens is 1. The summed E-state index contributed by atoms with van der Waals surface area (Å²) in [7, 11) is 0. The Labute approximate surface area is 107 Å². The van der Waals surface area contributed by atoms with Gasteiger partial charge in [0.2, 0.25) is 0 Å². The highest BCUT2D eigenvalue weighted by molar-refractivity contribution is 5.48. The summed E-state index contributed by atoms with van der Waals surface area (Å²) in [6, 6.07) is 9.38. The van der Waals surface area contributed by atoms with Crippen molar-refractivity contribution in [3.05, 3.63) is 30.1 Å². The van der Waals surface area contributed by atoms with Crippen LogP contribution in [0, 0.1) is 17.1 Å². The second-order valence-electron chi connectivity index (χ2n) is 4.78. The van der Waals surface area contributed by atoms with Gasteiger partial charge in [-0.05, 0) is 38.1 Å². The number of nitrogens with one attached hydrogen (secondary N) is 1. The van der Waals surface area contributed by atoms with E-state index in [1.54, 1.807) is 12.1 Å². The van der Waals surface area contributed by atoms with Crippen LogP contribution in [0.5, 0.6) is 0 Å². The molecule has 2 unspecified atom stereocenters. The van der Waals surface area contributed by atoms with Crippen LogP contribution < -0.4 is 10.2 Å². The number of rotatable bonds is 2. The van der Waals surface area contributed by atoms with Crippen LogP contribution in [0.15, 0.2) is 24.3 Å². The van der Waals surface area contributed by atoms with Gasteiger partial charge in [0, 0.05) is 24.3 Å². The molecule has 0 spiro atoms. The Kier molecular flexibility index (Phi) is 4.16. The van der Waals surface area contributed by atoms with Crippen molar-refractivity contribution < 1.29 is 4.39 Å². The number of anilines is 1. The molecule has 1 aromatic carbocycles. The molecule has 1 aliphatic heterocycles. The lowest BCUT2D eigenvalue weighted by atomic mass is 10.1. The van der Waals surface area contributed by atoms with Crippen molar-refractivity contribution in [3.63, 3.8) is 0 Å². The molecule has 0 aromatic heterocycles. The fraction of sp³-hybridized carbons (Fsp3) is 0.500. The van der Waals surface area contributed by atoms with Gasteiger partial charge in [-0.2, -0.15) is 5.26 Å². The quantitative estimate of drug-likeness (QED) is 0.871. The molecule has 0 radical (unpaired) electrons. The first-order valence-corrected chi connectivity index (χ1v) is 6.33. The molecule has 1 aliphatic rings. The summed E-state index contributed by atoms with van der Waals surface area (Å²) < 4.78 is 13.3. The number of nitrogens with zero attached hydrogens (tertiary/aromatic N) is 2. The standard InChI is InChI=1S/C14H18FN3/c1-11-6-8-17-13(5-7-16)10-18(11)14-4-2-3-12(15)9-14/h2-4,9,11,13,17H,5-6,8,10H2,1H3. The molecule has 4 heteroatoms. The molecule has 0 bridgehead atoms. The van der Waals surface area contributed by atoms with Gasteiger partial charge < -0.3 is 10.2 Å². The monoisotopic (exact) mass is 247 g/mol. The van der Waals surface area contributed by atoms with Gasteiger partial charge in [0.1, 0.15) is 5.82 Å². The fourth-order valence-electron chi connectivity index (χ4n) is 2.40. The van der Waals surface area contributed by atoms with E-state index in [-0.39, 0.29) is 11.9 Å². The summed E-state index contributed by atoms with van der Waals surface area (Å²) in [4.78, 5) is 2.19. The van der Waals surface area contributed by atoms with Gasteiger partial charge >= 0.3 is 0 Å². The van der Waals surface area contributed by atoms with E-state index in [1.165, 1.54) is 6.07 Å². The largest absolute Gasteiger partial charge is 0.367 e. The van der Waals surface area contributed by atoms with Crippen molar-refractivity contribution in [3.8, 4) is 6.07 Å². The minimum Gasteiger partial charge on any atom is -0.367 e. The normalized spacial score (nSPS) is 24.4. The summed E-state index contributed by atoms with van der Waals surface area (Å²) in [5.41, 5.74) is 0.897. The molecule has 3 nitrogen and oxygen atoms in total. The maximum Gasteiger partial charge on any atom is 0.125 e. The van der Waals surface area contributed by atoms with Gasteiger partial charge in [-0.3, -0.25) is 0 Å². The summed E-state index contributed by atoms with van der Waals surface area (Å²) >= 11 is 0. The van der Waals surface area contributed by atoms with E-state index < -0.39 is 0 Å². The van der Waals surface area contributed by atoms with Crippen molar-refractivity contribution >= 4 is 5.69 Å². The number of nitriles is 1. The third-order valence-electron chi connectivity index (χ3n) is 3.42. The minimum absolute atomic E-state index is 0.156. The summed E-state index contributed by atoms with van der Waals surface area (Å²) in [6.45, 7) is 3.79. The van der Waals surface area contributed by atoms with E-state index in [1.807, 2.05) is 6.07 Å². The molecule has 0 aliphatic carbocycles. The van der Waals surface area contributed by atoms with Gasteiger partial charge in [0.15, 0.2) is 0 Å². The molecule has 1 N–H and O–H groups in total. The van der Waals surface area contributed by atoms with Crippen molar-refractivity contribution in [1.29, 1.82) is 5.26 Å². The van der Waals surface area contributed by atoms with E-state index in [2.05, 4.69) is 23.2 Å². The Balaban J connectivity index is 2.20. The Morgan fingerprint density at radius 3 is 3.11 bits per heavy atom. The van der Waals surface area contributed by atoms with Gasteiger partial charge in [-0.15, -0.1) is 0 Å². The van der Waals surface area contributed by atoms with E-state index >= 15 is 0 Å². The van der Waals surface area contributed by atoms with E-state index in [0.717, 1.165) is 25.2 Å². The van der Waals surface area contributed by atoms with Crippen LogP contribution in [0.4, 0.5) is 10.1 Å². The predicted molar refractivity (Wildman–Crippen MR) is 69.8 cm³/mol. The molecule has 1 heterocycles. The molecule has 0 saturated carbocycles. The first-order chi connectivity index (χ1) is 8.70. The number of benzene rings is 1. The highest BCUT2D eigenvalue weighted by Gasteiger charge is 2.23. The van der Waals surface area contributed by atoms with E-state index in [0.29, 0.717) is 12.5 Å². The molecular weight excluding hydrogens is 229 g/mol. The summed E-state index contributed by atoms with van der Waals surface area (Å²) in [6.07, 6.45) is 1.48. The van der Waals surface area contributed by atoms with Crippen LogP contribution in [0.3, 0.4) is 0 Å². The van der Waals surface area contributed by atoms with E-state index in [9.17, 15) is 4.39 Å². The van der Waals surface area contributed by atoms with Crippen LogP contribution in [0.1, 0.15) is 19.8 Å². The number of hydrogen-bond donors (Lipinski definition) is 1. The Morgan fingerprint density at radius 2 is 2.39 bits per heavy atom. The highest BCUT2D eigenvalue weighted by Crippen LogP contribution is 2.21. The molecule has 1 saturated heterocycles. The minimum atomic E-state index is -0.214. The zero-order valence-electron chi connectivity index (χ0n) is 10.6. The van der Waals surface area contributed by atoms with Crippen LogP contribution >= 0.6 is 0 Å².